The number of alkyl halides is 3. The normalized spacial score (nSPS) is 11.1. The van der Waals surface area contributed by atoms with Crippen LogP contribution in [0.4, 0.5) is 13.2 Å². The van der Waals surface area contributed by atoms with E-state index in [1.165, 1.54) is 13.2 Å². The molecule has 5 nitrogen and oxygen atoms in total. The molecule has 0 fully saturated rings. The van der Waals surface area contributed by atoms with Crippen LogP contribution in [-0.2, 0) is 16.0 Å². The highest BCUT2D eigenvalue weighted by Gasteiger charge is 2.33. The molecule has 1 aromatic heterocycles. The topological polar surface area (TPSA) is 57.7 Å². The van der Waals surface area contributed by atoms with Crippen LogP contribution in [0.5, 0.6) is 11.8 Å². The number of hydrogen-bond donors (Lipinski definition) is 0. The van der Waals surface area contributed by atoms with Gasteiger partial charge in [0.1, 0.15) is 0 Å². The van der Waals surface area contributed by atoms with Crippen molar-refractivity contribution in [3.05, 3.63) is 17.2 Å². The zero-order valence-electron chi connectivity index (χ0n) is 10.5. The first-order valence-corrected chi connectivity index (χ1v) is 5.14. The van der Waals surface area contributed by atoms with Crippen molar-refractivity contribution in [2.24, 2.45) is 0 Å². The van der Waals surface area contributed by atoms with Gasteiger partial charge >= 0.3 is 12.3 Å². The second-order valence-electron chi connectivity index (χ2n) is 3.58. The van der Waals surface area contributed by atoms with Gasteiger partial charge < -0.3 is 14.2 Å². The number of nitrogens with zero attached hydrogens (tertiary/aromatic N) is 1. The third-order valence-electron chi connectivity index (χ3n) is 2.17. The number of carbonyl (C=O) groups excluding carboxylic acids is 1. The smallest absolute Gasteiger partial charge is 0.481 e. The Morgan fingerprint density at radius 1 is 1.32 bits per heavy atom. The van der Waals surface area contributed by atoms with Crippen LogP contribution in [0.25, 0.3) is 0 Å². The minimum absolute atomic E-state index is 0.00661. The molecule has 106 valence electrons. The quantitative estimate of drug-likeness (QED) is 0.789. The van der Waals surface area contributed by atoms with Crippen LogP contribution in [0, 0.1) is 6.92 Å². The highest BCUT2D eigenvalue weighted by molar-refractivity contribution is 5.73. The molecule has 19 heavy (non-hydrogen) atoms. The summed E-state index contributed by atoms with van der Waals surface area (Å²) in [4.78, 5) is 14.7. The van der Waals surface area contributed by atoms with E-state index in [0.717, 1.165) is 7.11 Å². The molecule has 0 N–H and O–H groups in total. The lowest BCUT2D eigenvalue weighted by atomic mass is 10.1. The molecule has 0 bridgehead atoms. The Labute approximate surface area is 107 Å². The van der Waals surface area contributed by atoms with E-state index >= 15 is 0 Å². The van der Waals surface area contributed by atoms with Crippen molar-refractivity contribution in [1.82, 2.24) is 4.98 Å². The standard InChI is InChI=1S/C11H12F3NO4/c1-6-4-7(5-8(16)17-2)10(15-9(6)18-3)19-11(12,13)14/h4H,5H2,1-3H3. The number of aromatic nitrogens is 1. The molecule has 1 heterocycles. The second kappa shape index (κ2) is 5.77. The average Bonchev–Trinajstić information content (AvgIpc) is 2.30. The number of methoxy groups -OCH3 is 2. The van der Waals surface area contributed by atoms with Gasteiger partial charge in [-0.05, 0) is 13.0 Å². The number of esters is 1. The summed E-state index contributed by atoms with van der Waals surface area (Å²) < 4.78 is 49.8. The van der Waals surface area contributed by atoms with E-state index in [0.29, 0.717) is 5.56 Å². The summed E-state index contributed by atoms with van der Waals surface area (Å²) in [6.45, 7) is 1.59. The largest absolute Gasteiger partial charge is 0.574 e. The van der Waals surface area contributed by atoms with Gasteiger partial charge in [0.15, 0.2) is 0 Å². The maximum atomic E-state index is 12.3. The van der Waals surface area contributed by atoms with E-state index in [1.54, 1.807) is 6.92 Å². The van der Waals surface area contributed by atoms with Gasteiger partial charge in [0.2, 0.25) is 11.8 Å². The predicted molar refractivity (Wildman–Crippen MR) is 57.9 cm³/mol. The van der Waals surface area contributed by atoms with Crippen molar-refractivity contribution in [3.8, 4) is 11.8 Å². The first kappa shape index (κ1) is 15.1. The zero-order chi connectivity index (χ0) is 14.6. The van der Waals surface area contributed by atoms with Crippen molar-refractivity contribution in [1.29, 1.82) is 0 Å². The van der Waals surface area contributed by atoms with Gasteiger partial charge in [-0.15, -0.1) is 13.2 Å². The summed E-state index contributed by atoms with van der Waals surface area (Å²) in [5.74, 6) is -1.42. The molecule has 0 aliphatic heterocycles. The first-order chi connectivity index (χ1) is 8.76. The molecule has 1 rings (SSSR count). The number of hydrogen-bond acceptors (Lipinski definition) is 5. The Kier molecular flexibility index (Phi) is 4.57. The molecular weight excluding hydrogens is 267 g/mol. The van der Waals surface area contributed by atoms with Gasteiger partial charge in [0, 0.05) is 11.1 Å². The molecule has 0 aliphatic rings. The van der Waals surface area contributed by atoms with Crippen molar-refractivity contribution in [2.75, 3.05) is 14.2 Å². The van der Waals surface area contributed by atoms with Crippen molar-refractivity contribution < 1.29 is 32.2 Å². The van der Waals surface area contributed by atoms with E-state index in [4.69, 9.17) is 4.74 Å². The highest BCUT2D eigenvalue weighted by Crippen LogP contribution is 2.29. The van der Waals surface area contributed by atoms with E-state index in [1.807, 2.05) is 0 Å². The lowest BCUT2D eigenvalue weighted by molar-refractivity contribution is -0.276. The summed E-state index contributed by atoms with van der Waals surface area (Å²) in [7, 11) is 2.41. The monoisotopic (exact) mass is 279 g/mol. The number of rotatable bonds is 4. The predicted octanol–water partition coefficient (Wildman–Crippen LogP) is 2.01. The maximum absolute atomic E-state index is 12.3. The minimum Gasteiger partial charge on any atom is -0.481 e. The van der Waals surface area contributed by atoms with Crippen molar-refractivity contribution in [3.63, 3.8) is 0 Å². The molecule has 0 radical (unpaired) electrons. The fourth-order valence-corrected chi connectivity index (χ4v) is 1.40. The molecule has 8 heteroatoms. The first-order valence-electron chi connectivity index (χ1n) is 5.14. The molecule has 0 spiro atoms. The Morgan fingerprint density at radius 2 is 1.95 bits per heavy atom. The summed E-state index contributed by atoms with van der Waals surface area (Å²) in [6, 6.07) is 1.34. The molecule has 0 saturated heterocycles. The number of halogens is 3. The fourth-order valence-electron chi connectivity index (χ4n) is 1.40. The molecule has 0 unspecified atom stereocenters. The Hall–Kier alpha value is -1.99. The van der Waals surface area contributed by atoms with Crippen molar-refractivity contribution >= 4 is 5.97 Å². The van der Waals surface area contributed by atoms with Gasteiger partial charge in [0.25, 0.3) is 0 Å². The Morgan fingerprint density at radius 3 is 2.42 bits per heavy atom. The Bertz CT molecular complexity index is 474. The van der Waals surface area contributed by atoms with Gasteiger partial charge in [-0.3, -0.25) is 4.79 Å². The van der Waals surface area contributed by atoms with Crippen LogP contribution in [-0.4, -0.2) is 31.5 Å². The van der Waals surface area contributed by atoms with Gasteiger partial charge in [-0.25, -0.2) is 0 Å². The molecule has 0 aliphatic carbocycles. The van der Waals surface area contributed by atoms with Crippen LogP contribution < -0.4 is 9.47 Å². The summed E-state index contributed by atoms with van der Waals surface area (Å²) in [5.41, 5.74) is 0.457. The second-order valence-corrected chi connectivity index (χ2v) is 3.58. The highest BCUT2D eigenvalue weighted by atomic mass is 19.4. The molecule has 0 saturated carbocycles. The molecular formula is C11H12F3NO4. The average molecular weight is 279 g/mol. The SMILES string of the molecule is COC(=O)Cc1cc(C)c(OC)nc1OC(F)(F)F. The number of carbonyl (C=O) groups is 1. The third-order valence-corrected chi connectivity index (χ3v) is 2.17. The van der Waals surface area contributed by atoms with Crippen molar-refractivity contribution in [2.45, 2.75) is 19.7 Å². The van der Waals surface area contributed by atoms with Crippen LogP contribution in [0.2, 0.25) is 0 Å². The Balaban J connectivity index is 3.18. The van der Waals surface area contributed by atoms with E-state index < -0.39 is 18.2 Å². The van der Waals surface area contributed by atoms with Crippen LogP contribution >= 0.6 is 0 Å². The molecule has 0 atom stereocenters. The molecule has 0 aromatic carbocycles. The number of pyridine rings is 1. The third kappa shape index (κ3) is 4.31. The zero-order valence-corrected chi connectivity index (χ0v) is 10.5. The lowest BCUT2D eigenvalue weighted by Crippen LogP contribution is -2.20. The van der Waals surface area contributed by atoms with E-state index in [2.05, 4.69) is 14.5 Å². The fraction of sp³-hybridized carbons (Fsp3) is 0.455. The number of aryl methyl sites for hydroxylation is 1. The van der Waals surface area contributed by atoms with Gasteiger partial charge in [0.05, 0.1) is 20.6 Å². The summed E-state index contributed by atoms with van der Waals surface area (Å²) >= 11 is 0. The number of ether oxygens (including phenoxy) is 3. The minimum atomic E-state index is -4.90. The van der Waals surface area contributed by atoms with E-state index in [-0.39, 0.29) is 17.9 Å². The summed E-state index contributed by atoms with van der Waals surface area (Å²) in [5, 5.41) is 0. The van der Waals surface area contributed by atoms with Crippen LogP contribution in [0.1, 0.15) is 11.1 Å². The lowest BCUT2D eigenvalue weighted by Gasteiger charge is -2.14. The van der Waals surface area contributed by atoms with Gasteiger partial charge in [-0.1, -0.05) is 0 Å². The maximum Gasteiger partial charge on any atom is 0.574 e. The van der Waals surface area contributed by atoms with Gasteiger partial charge in [-0.2, -0.15) is 4.98 Å². The molecule has 0 amide bonds. The molecule has 1 aromatic rings. The van der Waals surface area contributed by atoms with Crippen LogP contribution in [0.3, 0.4) is 0 Å². The van der Waals surface area contributed by atoms with E-state index in [9.17, 15) is 18.0 Å². The summed E-state index contributed by atoms with van der Waals surface area (Å²) in [6.07, 6.45) is -5.28. The van der Waals surface area contributed by atoms with Crippen LogP contribution in [0.15, 0.2) is 6.07 Å².